The molecule has 2 aromatic rings. The zero-order valence-corrected chi connectivity index (χ0v) is 15.3. The first-order valence-corrected chi connectivity index (χ1v) is 8.13. The fourth-order valence-electron chi connectivity index (χ4n) is 2.29. The van der Waals surface area contributed by atoms with E-state index < -0.39 is 18.0 Å². The number of benzene rings is 2. The predicted octanol–water partition coefficient (Wildman–Crippen LogP) is 3.76. The number of carbonyl (C=O) groups is 1. The van der Waals surface area contributed by atoms with Crippen molar-refractivity contribution in [1.82, 2.24) is 0 Å². The number of nitrogens with two attached hydrogens (primary N) is 2. The zero-order chi connectivity index (χ0) is 20.9. The van der Waals surface area contributed by atoms with Gasteiger partial charge in [0, 0.05) is 41.2 Å². The molecular formula is C18H16ClF3N4O2. The van der Waals surface area contributed by atoms with Crippen molar-refractivity contribution in [2.24, 2.45) is 16.6 Å². The van der Waals surface area contributed by atoms with Crippen molar-refractivity contribution in [2.75, 3.05) is 12.1 Å². The Balaban J connectivity index is 2.28. The maximum atomic E-state index is 12.7. The molecule has 2 aromatic carbocycles. The van der Waals surface area contributed by atoms with Gasteiger partial charge in [-0.1, -0.05) is 11.6 Å². The third-order valence-electron chi connectivity index (χ3n) is 3.54. The van der Waals surface area contributed by atoms with E-state index in [4.69, 9.17) is 23.2 Å². The summed E-state index contributed by atoms with van der Waals surface area (Å²) in [4.78, 5) is 16.5. The van der Waals surface area contributed by atoms with E-state index in [-0.39, 0.29) is 11.3 Å². The first kappa shape index (κ1) is 21.3. The molecule has 0 saturated carbocycles. The summed E-state index contributed by atoms with van der Waals surface area (Å²) in [6, 6.07) is 9.02. The molecule has 1 amide bonds. The van der Waals surface area contributed by atoms with Crippen LogP contribution in [0.3, 0.4) is 0 Å². The summed E-state index contributed by atoms with van der Waals surface area (Å²) in [7, 11) is 1.56. The lowest BCUT2D eigenvalue weighted by atomic mass is 10.0. The number of carbonyl (C=O) groups excluding carboxylic acids is 1. The van der Waals surface area contributed by atoms with E-state index in [1.54, 1.807) is 7.05 Å². The molecule has 4 N–H and O–H groups in total. The normalized spacial score (nSPS) is 12.3. The van der Waals surface area contributed by atoms with E-state index in [1.807, 2.05) is 0 Å². The van der Waals surface area contributed by atoms with Crippen LogP contribution in [0.15, 0.2) is 53.7 Å². The van der Waals surface area contributed by atoms with Crippen LogP contribution < -0.4 is 21.3 Å². The van der Waals surface area contributed by atoms with Crippen LogP contribution in [0.5, 0.6) is 5.75 Å². The fraction of sp³-hybridized carbons (Fsp3) is 0.111. The maximum Gasteiger partial charge on any atom is 0.573 e. The smallest absolute Gasteiger partial charge is 0.406 e. The number of nitrogens with zero attached hydrogens (tertiary/aromatic N) is 2. The Kier molecular flexibility index (Phi) is 6.66. The van der Waals surface area contributed by atoms with Crippen molar-refractivity contribution in [2.45, 2.75) is 6.36 Å². The van der Waals surface area contributed by atoms with E-state index >= 15 is 0 Å². The lowest BCUT2D eigenvalue weighted by molar-refractivity contribution is -0.274. The summed E-state index contributed by atoms with van der Waals surface area (Å²) in [6.45, 7) is 0. The fourth-order valence-corrected chi connectivity index (χ4v) is 2.51. The molecule has 0 bridgehead atoms. The van der Waals surface area contributed by atoms with Gasteiger partial charge in [-0.2, -0.15) is 0 Å². The molecule has 0 atom stereocenters. The molecule has 0 aliphatic carbocycles. The Morgan fingerprint density at radius 1 is 1.21 bits per heavy atom. The van der Waals surface area contributed by atoms with Crippen LogP contribution in [0.25, 0.3) is 5.57 Å². The van der Waals surface area contributed by atoms with Crippen LogP contribution in [0.4, 0.5) is 18.9 Å². The highest BCUT2D eigenvalue weighted by atomic mass is 35.5. The number of allylic oxidation sites excluding steroid dienone is 1. The topological polar surface area (TPSA) is 93.9 Å². The van der Waals surface area contributed by atoms with Crippen molar-refractivity contribution in [3.05, 3.63) is 64.8 Å². The van der Waals surface area contributed by atoms with Gasteiger partial charge in [0.25, 0.3) is 5.91 Å². The molecule has 0 aromatic heterocycles. The van der Waals surface area contributed by atoms with Crippen LogP contribution in [-0.2, 0) is 0 Å². The van der Waals surface area contributed by atoms with Crippen LogP contribution in [0.2, 0.25) is 5.02 Å². The second-order valence-corrected chi connectivity index (χ2v) is 5.83. The number of hydrazine groups is 1. The highest BCUT2D eigenvalue weighted by molar-refractivity contribution is 6.34. The molecule has 0 radical (unpaired) electrons. The number of halogens is 4. The summed E-state index contributed by atoms with van der Waals surface area (Å²) >= 11 is 6.16. The van der Waals surface area contributed by atoms with E-state index in [9.17, 15) is 18.0 Å². The van der Waals surface area contributed by atoms with Crippen LogP contribution >= 0.6 is 11.6 Å². The van der Waals surface area contributed by atoms with Crippen molar-refractivity contribution in [3.63, 3.8) is 0 Å². The third kappa shape index (κ3) is 5.24. The highest BCUT2D eigenvalue weighted by Crippen LogP contribution is 2.27. The number of hydrogen-bond donors (Lipinski definition) is 2. The SMILES string of the molecule is CN=CC(=CN)c1cc(C(=O)N(N)c2ccc(OC(F)(F)F)cc2)ccc1Cl. The summed E-state index contributed by atoms with van der Waals surface area (Å²) in [6.07, 6.45) is -2.04. The van der Waals surface area contributed by atoms with Gasteiger partial charge >= 0.3 is 6.36 Å². The highest BCUT2D eigenvalue weighted by Gasteiger charge is 2.31. The van der Waals surface area contributed by atoms with Gasteiger partial charge in [0.15, 0.2) is 0 Å². The van der Waals surface area contributed by atoms with E-state index in [0.29, 0.717) is 16.2 Å². The Labute approximate surface area is 163 Å². The minimum atomic E-state index is -4.81. The first-order valence-electron chi connectivity index (χ1n) is 7.75. The molecule has 0 heterocycles. The van der Waals surface area contributed by atoms with Crippen LogP contribution in [0.1, 0.15) is 15.9 Å². The molecule has 148 valence electrons. The largest absolute Gasteiger partial charge is 0.573 e. The second-order valence-electron chi connectivity index (χ2n) is 5.42. The van der Waals surface area contributed by atoms with E-state index in [2.05, 4.69) is 9.73 Å². The van der Waals surface area contributed by atoms with Crippen LogP contribution in [0, 0.1) is 0 Å². The Bertz CT molecular complexity index is 912. The predicted molar refractivity (Wildman–Crippen MR) is 102 cm³/mol. The van der Waals surface area contributed by atoms with Gasteiger partial charge in [-0.3, -0.25) is 9.79 Å². The van der Waals surface area contributed by atoms with Gasteiger partial charge in [0.2, 0.25) is 0 Å². The Morgan fingerprint density at radius 2 is 1.86 bits per heavy atom. The molecule has 10 heteroatoms. The van der Waals surface area contributed by atoms with Crippen molar-refractivity contribution < 1.29 is 22.7 Å². The zero-order valence-electron chi connectivity index (χ0n) is 14.6. The third-order valence-corrected chi connectivity index (χ3v) is 3.87. The number of aliphatic imine (C=N–C) groups is 1. The Morgan fingerprint density at radius 3 is 2.39 bits per heavy atom. The van der Waals surface area contributed by atoms with E-state index in [1.165, 1.54) is 42.7 Å². The summed E-state index contributed by atoms with van der Waals surface area (Å²) < 4.78 is 40.5. The molecule has 0 unspecified atom stereocenters. The van der Waals surface area contributed by atoms with Gasteiger partial charge in [-0.15, -0.1) is 13.2 Å². The van der Waals surface area contributed by atoms with Gasteiger partial charge in [0.1, 0.15) is 5.75 Å². The molecule has 6 nitrogen and oxygen atoms in total. The average molecular weight is 413 g/mol. The minimum Gasteiger partial charge on any atom is -0.406 e. The molecular weight excluding hydrogens is 397 g/mol. The van der Waals surface area contributed by atoms with Gasteiger partial charge in [-0.05, 0) is 42.5 Å². The van der Waals surface area contributed by atoms with Gasteiger partial charge in [0.05, 0.1) is 5.69 Å². The average Bonchev–Trinajstić information content (AvgIpc) is 2.65. The summed E-state index contributed by atoms with van der Waals surface area (Å²) in [5.41, 5.74) is 6.91. The lowest BCUT2D eigenvalue weighted by Gasteiger charge is -2.18. The quantitative estimate of drug-likeness (QED) is 0.338. The molecule has 2 rings (SSSR count). The molecule has 0 fully saturated rings. The number of anilines is 1. The van der Waals surface area contributed by atoms with Crippen LogP contribution in [-0.4, -0.2) is 25.5 Å². The summed E-state index contributed by atoms with van der Waals surface area (Å²) in [5.74, 6) is 4.79. The standard InChI is InChI=1S/C18H16ClF3N4O2/c1-25-10-12(9-23)15-8-11(2-7-16(15)19)17(27)26(24)13-3-5-14(6-4-13)28-18(20,21)22/h2-10H,23-24H2,1H3. The van der Waals surface area contributed by atoms with Gasteiger partial charge in [-0.25, -0.2) is 10.9 Å². The van der Waals surface area contributed by atoms with E-state index in [0.717, 1.165) is 17.1 Å². The molecule has 0 aliphatic rings. The Hall–Kier alpha value is -3.04. The maximum absolute atomic E-state index is 12.7. The molecule has 0 spiro atoms. The molecule has 28 heavy (non-hydrogen) atoms. The minimum absolute atomic E-state index is 0.167. The molecule has 0 aliphatic heterocycles. The monoisotopic (exact) mass is 412 g/mol. The second kappa shape index (κ2) is 8.77. The number of amides is 1. The number of hydrogen-bond acceptors (Lipinski definition) is 5. The number of alkyl halides is 3. The van der Waals surface area contributed by atoms with Crippen molar-refractivity contribution in [1.29, 1.82) is 0 Å². The van der Waals surface area contributed by atoms with Gasteiger partial charge < -0.3 is 10.5 Å². The van der Waals surface area contributed by atoms with Crippen molar-refractivity contribution in [3.8, 4) is 5.75 Å². The summed E-state index contributed by atoms with van der Waals surface area (Å²) in [5, 5.41) is 1.15. The molecule has 0 saturated heterocycles. The van der Waals surface area contributed by atoms with Crippen molar-refractivity contribution >= 4 is 35.0 Å². The number of ether oxygens (including phenoxy) is 1. The first-order chi connectivity index (χ1) is 13.2. The lowest BCUT2D eigenvalue weighted by Crippen LogP contribution is -2.37. The number of rotatable bonds is 5.